The second-order valence-electron chi connectivity index (χ2n) is 7.67. The molecule has 2 atom stereocenters. The van der Waals surface area contributed by atoms with Crippen molar-refractivity contribution < 1.29 is 28.6 Å². The molecule has 1 aromatic rings. The molecule has 2 aliphatic rings. The van der Waals surface area contributed by atoms with Crippen LogP contribution in [0.2, 0.25) is 0 Å². The molecule has 12 heteroatoms. The van der Waals surface area contributed by atoms with Gasteiger partial charge in [-0.1, -0.05) is 6.08 Å². The zero-order chi connectivity index (χ0) is 25.8. The number of benzene rings is 1. The molecular formula is C23H31FN6O5. The highest BCUT2D eigenvalue weighted by Crippen LogP contribution is 2.28. The van der Waals surface area contributed by atoms with E-state index in [0.29, 0.717) is 49.4 Å². The summed E-state index contributed by atoms with van der Waals surface area (Å²) >= 11 is 0. The number of nitrogens with one attached hydrogen (secondary N) is 3. The summed E-state index contributed by atoms with van der Waals surface area (Å²) in [5, 5.41) is 22.0. The van der Waals surface area contributed by atoms with Gasteiger partial charge in [0.25, 0.3) is 0 Å². The maximum atomic E-state index is 14.9. The van der Waals surface area contributed by atoms with Crippen LogP contribution < -0.4 is 15.5 Å². The minimum atomic E-state index is -0.942. The lowest BCUT2D eigenvalue weighted by Gasteiger charge is -2.28. The topological polar surface area (TPSA) is 147 Å². The number of likely N-dealkylation sites (N-methyl/N-ethyl adjacent to an activating group) is 1. The van der Waals surface area contributed by atoms with Crippen LogP contribution in [0, 0.1) is 11.2 Å². The van der Waals surface area contributed by atoms with Crippen LogP contribution in [0.1, 0.15) is 18.9 Å². The molecule has 2 aliphatic heterocycles. The van der Waals surface area contributed by atoms with Crippen molar-refractivity contribution in [3.63, 3.8) is 0 Å². The number of hydrogen-bond acceptors (Lipinski definition) is 8. The van der Waals surface area contributed by atoms with E-state index in [1.165, 1.54) is 17.9 Å². The summed E-state index contributed by atoms with van der Waals surface area (Å²) in [5.41, 5.74) is 1.43. The fourth-order valence-corrected chi connectivity index (χ4v) is 3.59. The number of cyclic esters (lactones) is 1. The molecule has 0 aliphatic carbocycles. The van der Waals surface area contributed by atoms with Gasteiger partial charge in [0.2, 0.25) is 0 Å². The largest absolute Gasteiger partial charge is 0.480 e. The second kappa shape index (κ2) is 13.9. The van der Waals surface area contributed by atoms with Crippen molar-refractivity contribution in [3.8, 4) is 0 Å². The summed E-state index contributed by atoms with van der Waals surface area (Å²) in [6, 6.07) is 4.61. The van der Waals surface area contributed by atoms with Gasteiger partial charge in [-0.2, -0.15) is 0 Å². The number of aliphatic carboxylic acids is 1. The number of aliphatic imine (C=N–C) groups is 1. The van der Waals surface area contributed by atoms with Crippen LogP contribution in [0.15, 0.2) is 29.3 Å². The fraction of sp³-hybridized carbons (Fsp3) is 0.435. The lowest BCUT2D eigenvalue weighted by Crippen LogP contribution is -2.39. The number of carboxylic acids is 1. The molecule has 1 aromatic carbocycles. The van der Waals surface area contributed by atoms with Gasteiger partial charge in [0, 0.05) is 37.8 Å². The average molecular weight is 491 g/mol. The Morgan fingerprint density at radius 2 is 2.20 bits per heavy atom. The molecule has 35 heavy (non-hydrogen) atoms. The predicted octanol–water partition coefficient (Wildman–Crippen LogP) is 1.34. The molecule has 0 bridgehead atoms. The van der Waals surface area contributed by atoms with Crippen LogP contribution in [-0.4, -0.2) is 92.9 Å². The van der Waals surface area contributed by atoms with Crippen LogP contribution in [0.5, 0.6) is 0 Å². The van der Waals surface area contributed by atoms with E-state index in [4.69, 9.17) is 20.0 Å². The second-order valence-corrected chi connectivity index (χ2v) is 7.67. The summed E-state index contributed by atoms with van der Waals surface area (Å²) < 4.78 is 20.1. The van der Waals surface area contributed by atoms with E-state index >= 15 is 0 Å². The maximum absolute atomic E-state index is 14.9. The third-order valence-electron chi connectivity index (χ3n) is 5.19. The van der Waals surface area contributed by atoms with E-state index in [1.54, 1.807) is 30.3 Å². The fourth-order valence-electron chi connectivity index (χ4n) is 3.59. The number of dihydropyridines is 1. The average Bonchev–Trinajstić information content (AvgIpc) is 3.20. The Kier molecular flexibility index (Phi) is 11.0. The summed E-state index contributed by atoms with van der Waals surface area (Å²) in [6.07, 6.45) is 4.72. The number of carbonyl (C=O) groups is 3. The number of carbonyl (C=O) groups excluding carboxylic acids is 2. The van der Waals surface area contributed by atoms with Gasteiger partial charge in [0.1, 0.15) is 24.4 Å². The Morgan fingerprint density at radius 3 is 2.77 bits per heavy atom. The van der Waals surface area contributed by atoms with Gasteiger partial charge >= 0.3 is 12.1 Å². The monoisotopic (exact) mass is 490 g/mol. The number of nitrogens with zero attached hydrogens (tertiary/aromatic N) is 3. The highest BCUT2D eigenvalue weighted by Gasteiger charge is 2.32. The minimum absolute atomic E-state index is 0.148. The van der Waals surface area contributed by atoms with Crippen molar-refractivity contribution in [3.05, 3.63) is 35.7 Å². The molecule has 0 spiro atoms. The first-order chi connectivity index (χ1) is 16.8. The zero-order valence-electron chi connectivity index (χ0n) is 19.7. The number of aldehydes is 1. The van der Waals surface area contributed by atoms with Crippen molar-refractivity contribution in [1.82, 2.24) is 15.5 Å². The van der Waals surface area contributed by atoms with E-state index in [-0.39, 0.29) is 18.8 Å². The molecular weight excluding hydrogens is 459 g/mol. The van der Waals surface area contributed by atoms with E-state index in [9.17, 15) is 14.0 Å². The number of halogens is 1. The molecule has 4 N–H and O–H groups in total. The number of ether oxygens (including phenoxy) is 1. The molecule has 3 rings (SSSR count). The Hall–Kier alpha value is -3.64. The molecule has 1 amide bonds. The lowest BCUT2D eigenvalue weighted by molar-refractivity contribution is -0.136. The first-order valence-corrected chi connectivity index (χ1v) is 11.1. The SMILES string of the molecule is CC=O.CNCC1CN(c2ccc(C3=CCC(N(C=N)CCNCC(=O)O)N=C3)c(F)c2)C(=O)O1. The number of allylic oxidation sites excluding steroid dienone is 1. The Labute approximate surface area is 203 Å². The summed E-state index contributed by atoms with van der Waals surface area (Å²) in [4.78, 5) is 39.0. The van der Waals surface area contributed by atoms with Gasteiger partial charge in [-0.05, 0) is 37.7 Å². The Balaban J connectivity index is 0.00000137. The van der Waals surface area contributed by atoms with Crippen LogP contribution >= 0.6 is 0 Å². The van der Waals surface area contributed by atoms with Crippen molar-refractivity contribution in [2.24, 2.45) is 4.99 Å². The molecule has 0 radical (unpaired) electrons. The van der Waals surface area contributed by atoms with Gasteiger partial charge in [-0.25, -0.2) is 9.18 Å². The van der Waals surface area contributed by atoms with E-state index in [2.05, 4.69) is 15.6 Å². The predicted molar refractivity (Wildman–Crippen MR) is 131 cm³/mol. The smallest absolute Gasteiger partial charge is 0.414 e. The molecule has 1 fully saturated rings. The maximum Gasteiger partial charge on any atom is 0.414 e. The van der Waals surface area contributed by atoms with Crippen LogP contribution in [-0.2, 0) is 14.3 Å². The van der Waals surface area contributed by atoms with Crippen molar-refractivity contribution in [2.75, 3.05) is 44.7 Å². The molecule has 0 saturated carbocycles. The number of hydrogen-bond donors (Lipinski definition) is 4. The number of carboxylic acid groups (broad SMARTS) is 1. The highest BCUT2D eigenvalue weighted by atomic mass is 19.1. The van der Waals surface area contributed by atoms with E-state index in [0.717, 1.165) is 12.6 Å². The van der Waals surface area contributed by atoms with Gasteiger partial charge < -0.3 is 30.2 Å². The molecule has 2 heterocycles. The highest BCUT2D eigenvalue weighted by molar-refractivity contribution is 6.10. The first kappa shape index (κ1) is 27.6. The summed E-state index contributed by atoms with van der Waals surface area (Å²) in [7, 11) is 1.77. The van der Waals surface area contributed by atoms with E-state index < -0.39 is 17.9 Å². The molecule has 11 nitrogen and oxygen atoms in total. The number of rotatable bonds is 11. The summed E-state index contributed by atoms with van der Waals surface area (Å²) in [5.74, 6) is -1.41. The Morgan fingerprint density at radius 1 is 1.46 bits per heavy atom. The molecule has 0 aromatic heterocycles. The van der Waals surface area contributed by atoms with Crippen molar-refractivity contribution in [1.29, 1.82) is 5.41 Å². The van der Waals surface area contributed by atoms with Gasteiger partial charge in [-0.15, -0.1) is 0 Å². The van der Waals surface area contributed by atoms with Crippen LogP contribution in [0.4, 0.5) is 14.9 Å². The number of amides is 1. The first-order valence-electron chi connectivity index (χ1n) is 11.1. The van der Waals surface area contributed by atoms with E-state index in [1.807, 2.05) is 6.08 Å². The standard InChI is InChI=1S/C21H27FN6O4.C2H4O/c1-24-10-16-12-28(21(31)32-16)15-3-4-17(18(22)8-15)14-2-5-19(26-9-14)27(13-23)7-6-25-11-20(29)30;1-2-3/h2-4,8-9,13,16,19,23-25H,5-7,10-12H2,1H3,(H,29,30);2H,1H3. The molecule has 190 valence electrons. The molecule has 1 saturated heterocycles. The van der Waals surface area contributed by atoms with Crippen LogP contribution in [0.25, 0.3) is 5.57 Å². The number of anilines is 1. The normalized spacial score (nSPS) is 18.8. The van der Waals surface area contributed by atoms with Crippen molar-refractivity contribution in [2.45, 2.75) is 25.6 Å². The van der Waals surface area contributed by atoms with Crippen molar-refractivity contribution >= 4 is 42.2 Å². The minimum Gasteiger partial charge on any atom is -0.480 e. The summed E-state index contributed by atoms with van der Waals surface area (Å²) in [6.45, 7) is 2.99. The van der Waals surface area contributed by atoms with Gasteiger partial charge in [-0.3, -0.25) is 20.1 Å². The lowest BCUT2D eigenvalue weighted by atomic mass is 10.0. The van der Waals surface area contributed by atoms with Gasteiger partial charge in [0.05, 0.1) is 25.1 Å². The third-order valence-corrected chi connectivity index (χ3v) is 5.19. The van der Waals surface area contributed by atoms with Crippen LogP contribution in [0.3, 0.4) is 0 Å². The Bertz CT molecular complexity index is 970. The quantitative estimate of drug-likeness (QED) is 0.157. The van der Waals surface area contributed by atoms with Gasteiger partial charge in [0.15, 0.2) is 0 Å². The molecule has 2 unspecified atom stereocenters. The third kappa shape index (κ3) is 7.97. The zero-order valence-corrected chi connectivity index (χ0v) is 19.7.